The van der Waals surface area contributed by atoms with Crippen LogP contribution in [0, 0.1) is 5.82 Å². The standard InChI is InChI=1S/C46H27FO/c47-45-35-22-10-8-20-33(35)42(34-21-9-11-23-36(34)45)37-24-13-27-40-44(37)39-26-12-25-38(46(39)48-40)43-31-18-6-4-16-29(31)41(28-14-2-1-3-15-28)30-17-5-7-19-32(30)43/h1-27H. The Kier molecular flexibility index (Phi) is 5.82. The van der Waals surface area contributed by atoms with Gasteiger partial charge in [0.1, 0.15) is 17.0 Å². The first kappa shape index (κ1) is 26.9. The van der Waals surface area contributed by atoms with Crippen molar-refractivity contribution in [1.29, 1.82) is 0 Å². The fourth-order valence-electron chi connectivity index (χ4n) is 7.95. The average Bonchev–Trinajstić information content (AvgIpc) is 3.54. The Balaban J connectivity index is 1.33. The number of fused-ring (bicyclic) bond motifs is 7. The van der Waals surface area contributed by atoms with E-state index in [1.54, 1.807) is 0 Å². The summed E-state index contributed by atoms with van der Waals surface area (Å²) in [6.45, 7) is 0. The van der Waals surface area contributed by atoms with Gasteiger partial charge in [-0.1, -0.05) is 158 Å². The molecule has 0 saturated heterocycles. The maximum atomic E-state index is 15.9. The molecule has 10 aromatic rings. The first-order chi connectivity index (χ1) is 23.8. The maximum absolute atomic E-state index is 15.9. The van der Waals surface area contributed by atoms with E-state index in [1.165, 1.54) is 32.7 Å². The molecule has 48 heavy (non-hydrogen) atoms. The van der Waals surface area contributed by atoms with Crippen molar-refractivity contribution in [2.45, 2.75) is 0 Å². The predicted octanol–water partition coefficient (Wildman–Crippen LogP) is 13.3. The topological polar surface area (TPSA) is 13.1 Å². The van der Waals surface area contributed by atoms with E-state index in [0.717, 1.165) is 55.0 Å². The van der Waals surface area contributed by atoms with Crippen LogP contribution in [-0.2, 0) is 0 Å². The highest BCUT2D eigenvalue weighted by Gasteiger charge is 2.23. The van der Waals surface area contributed by atoms with Crippen molar-refractivity contribution < 1.29 is 8.81 Å². The summed E-state index contributed by atoms with van der Waals surface area (Å²) in [7, 11) is 0. The third-order valence-corrected chi connectivity index (χ3v) is 9.92. The Hall–Kier alpha value is -6.25. The monoisotopic (exact) mass is 614 g/mol. The molecular weight excluding hydrogens is 588 g/mol. The van der Waals surface area contributed by atoms with Crippen LogP contribution < -0.4 is 0 Å². The molecule has 0 aliphatic heterocycles. The summed E-state index contributed by atoms with van der Waals surface area (Å²) in [5.41, 5.74) is 8.34. The van der Waals surface area contributed by atoms with Crippen LogP contribution in [0.2, 0.25) is 0 Å². The molecule has 0 fully saturated rings. The third-order valence-electron chi connectivity index (χ3n) is 9.92. The quantitative estimate of drug-likeness (QED) is 0.181. The van der Waals surface area contributed by atoms with Crippen LogP contribution in [-0.4, -0.2) is 0 Å². The predicted molar refractivity (Wildman–Crippen MR) is 200 cm³/mol. The molecule has 0 spiro atoms. The number of halogens is 1. The lowest BCUT2D eigenvalue weighted by Gasteiger charge is -2.17. The molecule has 1 heterocycles. The normalized spacial score (nSPS) is 11.9. The summed E-state index contributed by atoms with van der Waals surface area (Å²) < 4.78 is 22.8. The van der Waals surface area contributed by atoms with E-state index in [-0.39, 0.29) is 5.82 Å². The minimum absolute atomic E-state index is 0.186. The van der Waals surface area contributed by atoms with Crippen molar-refractivity contribution in [3.63, 3.8) is 0 Å². The van der Waals surface area contributed by atoms with E-state index in [1.807, 2.05) is 60.7 Å². The minimum atomic E-state index is -0.186. The van der Waals surface area contributed by atoms with Gasteiger partial charge in [-0.2, -0.15) is 0 Å². The lowest BCUT2D eigenvalue weighted by atomic mass is 9.85. The van der Waals surface area contributed by atoms with Gasteiger partial charge in [-0.15, -0.1) is 0 Å². The number of hydrogen-bond donors (Lipinski definition) is 0. The van der Waals surface area contributed by atoms with Crippen LogP contribution >= 0.6 is 0 Å². The zero-order valence-electron chi connectivity index (χ0n) is 25.9. The Morgan fingerprint density at radius 2 is 0.750 bits per heavy atom. The molecule has 2 heteroatoms. The summed E-state index contributed by atoms with van der Waals surface area (Å²) in [5, 5.41) is 9.85. The van der Waals surface area contributed by atoms with E-state index in [0.29, 0.717) is 10.8 Å². The van der Waals surface area contributed by atoms with Gasteiger partial charge in [-0.05, 0) is 60.6 Å². The van der Waals surface area contributed by atoms with Crippen molar-refractivity contribution in [2.24, 2.45) is 0 Å². The van der Waals surface area contributed by atoms with Crippen molar-refractivity contribution in [3.05, 3.63) is 170 Å². The molecule has 9 aromatic carbocycles. The van der Waals surface area contributed by atoms with Crippen molar-refractivity contribution in [2.75, 3.05) is 0 Å². The van der Waals surface area contributed by atoms with Gasteiger partial charge in [0.2, 0.25) is 0 Å². The van der Waals surface area contributed by atoms with E-state index >= 15 is 4.39 Å². The molecule has 0 aliphatic carbocycles. The van der Waals surface area contributed by atoms with Gasteiger partial charge < -0.3 is 4.42 Å². The Morgan fingerprint density at radius 1 is 0.333 bits per heavy atom. The molecule has 0 radical (unpaired) electrons. The van der Waals surface area contributed by atoms with Gasteiger partial charge in [-0.25, -0.2) is 4.39 Å². The highest BCUT2D eigenvalue weighted by Crippen LogP contribution is 2.48. The van der Waals surface area contributed by atoms with Crippen LogP contribution in [0.4, 0.5) is 4.39 Å². The van der Waals surface area contributed by atoms with Crippen LogP contribution in [0.3, 0.4) is 0 Å². The van der Waals surface area contributed by atoms with Crippen molar-refractivity contribution in [1.82, 2.24) is 0 Å². The molecule has 0 unspecified atom stereocenters. The second-order valence-electron chi connectivity index (χ2n) is 12.5. The average molecular weight is 615 g/mol. The molecule has 0 atom stereocenters. The fraction of sp³-hybridized carbons (Fsp3) is 0. The van der Waals surface area contributed by atoms with Crippen LogP contribution in [0.25, 0.3) is 98.4 Å². The van der Waals surface area contributed by atoms with Gasteiger partial charge in [0, 0.05) is 32.7 Å². The maximum Gasteiger partial charge on any atom is 0.143 e. The fourth-order valence-corrected chi connectivity index (χ4v) is 7.95. The molecule has 0 saturated carbocycles. The zero-order valence-corrected chi connectivity index (χ0v) is 25.9. The molecule has 0 aliphatic rings. The zero-order chi connectivity index (χ0) is 31.8. The van der Waals surface area contributed by atoms with Gasteiger partial charge >= 0.3 is 0 Å². The SMILES string of the molecule is Fc1c2ccccc2c(-c2cccc3oc4c(-c5c6ccccc6c(-c6ccccc6)c6ccccc56)cccc4c23)c2ccccc12. The smallest absolute Gasteiger partial charge is 0.143 e. The first-order valence-corrected chi connectivity index (χ1v) is 16.3. The number of furan rings is 1. The Bertz CT molecular complexity index is 2780. The Morgan fingerprint density at radius 3 is 1.33 bits per heavy atom. The summed E-state index contributed by atoms with van der Waals surface area (Å²) in [4.78, 5) is 0. The molecule has 0 amide bonds. The molecule has 224 valence electrons. The molecule has 10 rings (SSSR count). The van der Waals surface area contributed by atoms with E-state index < -0.39 is 0 Å². The summed E-state index contributed by atoms with van der Waals surface area (Å²) >= 11 is 0. The molecule has 1 aromatic heterocycles. The van der Waals surface area contributed by atoms with Crippen molar-refractivity contribution >= 4 is 65.0 Å². The highest BCUT2D eigenvalue weighted by atomic mass is 19.1. The summed E-state index contributed by atoms with van der Waals surface area (Å²) in [6.07, 6.45) is 0. The summed E-state index contributed by atoms with van der Waals surface area (Å²) in [6, 6.07) is 56.4. The number of rotatable bonds is 3. The minimum Gasteiger partial charge on any atom is -0.455 e. The molecular formula is C46H27FO. The number of benzene rings is 9. The van der Waals surface area contributed by atoms with Gasteiger partial charge in [0.05, 0.1) is 0 Å². The molecule has 0 bridgehead atoms. The molecule has 0 N–H and O–H groups in total. The van der Waals surface area contributed by atoms with Crippen LogP contribution in [0.5, 0.6) is 0 Å². The second kappa shape index (κ2) is 10.4. The van der Waals surface area contributed by atoms with E-state index in [9.17, 15) is 0 Å². The number of para-hydroxylation sites is 1. The van der Waals surface area contributed by atoms with Crippen LogP contribution in [0.1, 0.15) is 0 Å². The first-order valence-electron chi connectivity index (χ1n) is 16.3. The largest absolute Gasteiger partial charge is 0.455 e. The summed E-state index contributed by atoms with van der Waals surface area (Å²) in [5.74, 6) is -0.186. The second-order valence-corrected chi connectivity index (χ2v) is 12.5. The van der Waals surface area contributed by atoms with Gasteiger partial charge in [0.25, 0.3) is 0 Å². The van der Waals surface area contributed by atoms with Gasteiger partial charge in [-0.3, -0.25) is 0 Å². The Labute approximate surface area is 276 Å². The van der Waals surface area contributed by atoms with E-state index in [4.69, 9.17) is 4.42 Å². The lowest BCUT2D eigenvalue weighted by molar-refractivity contribution is 0.651. The van der Waals surface area contributed by atoms with Crippen molar-refractivity contribution in [3.8, 4) is 33.4 Å². The molecule has 1 nitrogen and oxygen atoms in total. The van der Waals surface area contributed by atoms with E-state index in [2.05, 4.69) is 103 Å². The third kappa shape index (κ3) is 3.77. The highest BCUT2D eigenvalue weighted by molar-refractivity contribution is 6.26. The van der Waals surface area contributed by atoms with Crippen LogP contribution in [0.15, 0.2) is 168 Å². The lowest BCUT2D eigenvalue weighted by Crippen LogP contribution is -1.91. The number of hydrogen-bond acceptors (Lipinski definition) is 1. The van der Waals surface area contributed by atoms with Gasteiger partial charge in [0.15, 0.2) is 0 Å².